The molecule has 0 unspecified atom stereocenters. The monoisotopic (exact) mass is 625 g/mol. The lowest BCUT2D eigenvalue weighted by atomic mass is 10.1. The van der Waals surface area contributed by atoms with Crippen LogP contribution >= 0.6 is 46.1 Å². The Kier molecular flexibility index (Phi) is 17.4. The number of amides is 2. The first-order valence-corrected chi connectivity index (χ1v) is 14.0. The average molecular weight is 626 g/mol. The Morgan fingerprint density at radius 2 is 1.62 bits per heavy atom. The Bertz CT molecular complexity index is 780. The molecule has 0 saturated carbocycles. The van der Waals surface area contributed by atoms with Crippen molar-refractivity contribution in [2.75, 3.05) is 24.6 Å². The Labute approximate surface area is 228 Å². The fourth-order valence-corrected chi connectivity index (χ4v) is 4.02. The summed E-state index contributed by atoms with van der Waals surface area (Å²) in [6.07, 6.45) is 9.03. The topological polar surface area (TPSA) is 85.8 Å². The van der Waals surface area contributed by atoms with Crippen LogP contribution in [0.4, 0.5) is 5.69 Å². The van der Waals surface area contributed by atoms with Crippen molar-refractivity contribution in [2.45, 2.75) is 78.1 Å². The fraction of sp³-hybridized carbons (Fsp3) is 0.625. The highest BCUT2D eigenvalue weighted by molar-refractivity contribution is 14.1. The maximum Gasteiger partial charge on any atom is 0.225 e. The molecule has 0 radical (unpaired) electrons. The summed E-state index contributed by atoms with van der Waals surface area (Å²) in [4.78, 5) is 24.1. The quantitative estimate of drug-likeness (QED) is 0.130. The molecule has 2 rings (SSSR count). The number of amidine groups is 1. The third kappa shape index (κ3) is 13.1. The molecule has 0 spiro atoms. The first kappa shape index (κ1) is 30.9. The van der Waals surface area contributed by atoms with Crippen LogP contribution in [0.3, 0.4) is 0 Å². The molecule has 0 fully saturated rings. The third-order valence-electron chi connectivity index (χ3n) is 5.11. The van der Waals surface area contributed by atoms with Crippen molar-refractivity contribution in [1.29, 1.82) is 0 Å². The van der Waals surface area contributed by atoms with Crippen molar-refractivity contribution < 1.29 is 9.59 Å². The molecule has 1 aliphatic heterocycles. The van der Waals surface area contributed by atoms with Gasteiger partial charge in [0.2, 0.25) is 11.8 Å². The highest BCUT2D eigenvalue weighted by Gasteiger charge is 2.18. The van der Waals surface area contributed by atoms with E-state index < -0.39 is 0 Å². The van der Waals surface area contributed by atoms with Gasteiger partial charge in [-0.2, -0.15) is 5.10 Å². The van der Waals surface area contributed by atoms with Crippen molar-refractivity contribution >= 4 is 69.4 Å². The number of nitrogens with zero attached hydrogens (tertiary/aromatic N) is 2. The number of hydrogen-bond donors (Lipinski definition) is 3. The SMILES string of the molecule is CC.O=C(CCCCCCCCNI)NCCCC(=O)NC1=NN(c2ccc(Cl)c(Cl)c2)CC1. The molecule has 0 saturated heterocycles. The molecule has 192 valence electrons. The second-order valence-electron chi connectivity index (χ2n) is 7.77. The largest absolute Gasteiger partial charge is 0.356 e. The van der Waals surface area contributed by atoms with E-state index in [0.29, 0.717) is 54.7 Å². The molecule has 10 heteroatoms. The number of benzene rings is 1. The predicted octanol–water partition coefficient (Wildman–Crippen LogP) is 6.23. The second kappa shape index (κ2) is 19.1. The van der Waals surface area contributed by atoms with E-state index in [-0.39, 0.29) is 11.8 Å². The molecule has 0 atom stereocenters. The normalized spacial score (nSPS) is 12.6. The van der Waals surface area contributed by atoms with Crippen LogP contribution in [-0.2, 0) is 9.59 Å². The summed E-state index contributed by atoms with van der Waals surface area (Å²) >= 11 is 14.2. The van der Waals surface area contributed by atoms with Gasteiger partial charge >= 0.3 is 0 Å². The molecule has 1 aliphatic rings. The zero-order chi connectivity index (χ0) is 25.2. The molecule has 0 aromatic heterocycles. The molecular formula is C24H38Cl2IN5O2. The number of carbonyl (C=O) groups is 2. The van der Waals surface area contributed by atoms with Crippen molar-refractivity contribution in [3.8, 4) is 0 Å². The average Bonchev–Trinajstić information content (AvgIpc) is 3.30. The zero-order valence-electron chi connectivity index (χ0n) is 20.3. The molecule has 1 heterocycles. The summed E-state index contributed by atoms with van der Waals surface area (Å²) in [7, 11) is 0. The van der Waals surface area contributed by atoms with Gasteiger partial charge in [-0.25, -0.2) is 0 Å². The van der Waals surface area contributed by atoms with Crippen LogP contribution in [0.25, 0.3) is 0 Å². The first-order chi connectivity index (χ1) is 16.5. The van der Waals surface area contributed by atoms with Gasteiger partial charge in [0.1, 0.15) is 5.84 Å². The summed E-state index contributed by atoms with van der Waals surface area (Å²) in [5, 5.41) is 12.9. The fourth-order valence-electron chi connectivity index (χ4n) is 3.35. The van der Waals surface area contributed by atoms with E-state index in [1.807, 2.05) is 19.9 Å². The number of rotatable bonds is 14. The molecule has 0 bridgehead atoms. The van der Waals surface area contributed by atoms with E-state index in [0.717, 1.165) is 25.1 Å². The van der Waals surface area contributed by atoms with Gasteiger partial charge in [-0.3, -0.25) is 18.1 Å². The van der Waals surface area contributed by atoms with Gasteiger partial charge in [0.15, 0.2) is 0 Å². The number of hydrogen-bond acceptors (Lipinski definition) is 5. The molecule has 2 amide bonds. The van der Waals surface area contributed by atoms with Crippen LogP contribution in [0.2, 0.25) is 10.0 Å². The molecule has 1 aromatic rings. The first-order valence-electron chi connectivity index (χ1n) is 12.2. The van der Waals surface area contributed by atoms with Gasteiger partial charge < -0.3 is 10.6 Å². The van der Waals surface area contributed by atoms with Gasteiger partial charge in [0, 0.05) is 61.8 Å². The highest BCUT2D eigenvalue weighted by atomic mass is 127. The Morgan fingerprint density at radius 3 is 2.32 bits per heavy atom. The zero-order valence-corrected chi connectivity index (χ0v) is 23.9. The van der Waals surface area contributed by atoms with E-state index in [1.54, 1.807) is 17.1 Å². The standard InChI is InChI=1S/C22H32Cl2IN5O2.C2H6/c23-18-11-10-17(16-19(18)24)30-15-12-20(29-30)28-22(32)9-7-13-26-21(31)8-5-3-1-2-4-6-14-27-25;1-2/h10-11,16,27H,1-9,12-15H2,(H,26,31)(H,28,29,32);1-2H3. The summed E-state index contributed by atoms with van der Waals surface area (Å²) in [5.41, 5.74) is 0.833. The Morgan fingerprint density at radius 1 is 0.941 bits per heavy atom. The second-order valence-corrected chi connectivity index (χ2v) is 9.35. The predicted molar refractivity (Wildman–Crippen MR) is 152 cm³/mol. The lowest BCUT2D eigenvalue weighted by Crippen LogP contribution is -2.30. The number of hydrazone groups is 1. The van der Waals surface area contributed by atoms with Crippen molar-refractivity contribution in [2.24, 2.45) is 5.10 Å². The van der Waals surface area contributed by atoms with E-state index in [4.69, 9.17) is 23.2 Å². The lowest BCUT2D eigenvalue weighted by molar-refractivity contribution is -0.122. The van der Waals surface area contributed by atoms with Crippen LogP contribution in [0.5, 0.6) is 0 Å². The summed E-state index contributed by atoms with van der Waals surface area (Å²) in [5.74, 6) is 0.611. The number of anilines is 1. The Hall–Kier alpha value is -1.10. The minimum Gasteiger partial charge on any atom is -0.356 e. The third-order valence-corrected chi connectivity index (χ3v) is 6.39. The number of unbranched alkanes of at least 4 members (excludes halogenated alkanes) is 5. The van der Waals surface area contributed by atoms with Crippen molar-refractivity contribution in [1.82, 2.24) is 14.2 Å². The van der Waals surface area contributed by atoms with Gasteiger partial charge in [0.25, 0.3) is 0 Å². The minimum absolute atomic E-state index is 0.0666. The van der Waals surface area contributed by atoms with E-state index in [1.165, 1.54) is 25.7 Å². The van der Waals surface area contributed by atoms with Crippen LogP contribution in [0.1, 0.15) is 78.1 Å². The lowest BCUT2D eigenvalue weighted by Gasteiger charge is -2.13. The molecule has 0 aliphatic carbocycles. The van der Waals surface area contributed by atoms with Gasteiger partial charge in [-0.05, 0) is 37.5 Å². The van der Waals surface area contributed by atoms with E-state index >= 15 is 0 Å². The number of halogens is 3. The van der Waals surface area contributed by atoms with Crippen LogP contribution in [0, 0.1) is 0 Å². The van der Waals surface area contributed by atoms with E-state index in [2.05, 4.69) is 42.1 Å². The minimum atomic E-state index is -0.0910. The smallest absolute Gasteiger partial charge is 0.225 e. The summed E-state index contributed by atoms with van der Waals surface area (Å²) < 4.78 is 3.12. The van der Waals surface area contributed by atoms with Gasteiger partial charge in [0.05, 0.1) is 15.7 Å². The highest BCUT2D eigenvalue weighted by Crippen LogP contribution is 2.28. The summed E-state index contributed by atoms with van der Waals surface area (Å²) in [6, 6.07) is 5.33. The Balaban J connectivity index is 0.00000281. The maximum absolute atomic E-state index is 12.2. The van der Waals surface area contributed by atoms with Crippen molar-refractivity contribution in [3.05, 3.63) is 28.2 Å². The van der Waals surface area contributed by atoms with Crippen LogP contribution in [0.15, 0.2) is 23.3 Å². The van der Waals surface area contributed by atoms with E-state index in [9.17, 15) is 9.59 Å². The number of nitrogens with one attached hydrogen (secondary N) is 3. The summed E-state index contributed by atoms with van der Waals surface area (Å²) in [6.45, 7) is 6.24. The van der Waals surface area contributed by atoms with Crippen LogP contribution < -0.4 is 19.2 Å². The van der Waals surface area contributed by atoms with Crippen molar-refractivity contribution in [3.63, 3.8) is 0 Å². The van der Waals surface area contributed by atoms with Gasteiger partial charge in [-0.1, -0.05) is 62.7 Å². The molecule has 3 N–H and O–H groups in total. The van der Waals surface area contributed by atoms with Gasteiger partial charge in [-0.15, -0.1) is 0 Å². The van der Waals surface area contributed by atoms with Crippen LogP contribution in [-0.4, -0.2) is 37.3 Å². The molecule has 34 heavy (non-hydrogen) atoms. The molecular weight excluding hydrogens is 588 g/mol. The maximum atomic E-state index is 12.2. The number of carbonyl (C=O) groups excluding carboxylic acids is 2. The molecule has 1 aromatic carbocycles. The molecule has 7 nitrogen and oxygen atoms in total.